The van der Waals surface area contributed by atoms with Crippen molar-refractivity contribution in [3.05, 3.63) is 51.8 Å². The van der Waals surface area contributed by atoms with Crippen molar-refractivity contribution in [1.29, 1.82) is 0 Å². The summed E-state index contributed by atoms with van der Waals surface area (Å²) in [6.45, 7) is 4.09. The molecule has 1 fully saturated rings. The zero-order chi connectivity index (χ0) is 20.3. The minimum atomic E-state index is -0.219. The molecule has 1 aliphatic rings. The molecule has 3 rings (SSSR count). The van der Waals surface area contributed by atoms with E-state index in [4.69, 9.17) is 0 Å². The van der Waals surface area contributed by atoms with Crippen molar-refractivity contribution in [1.82, 2.24) is 9.47 Å². The van der Waals surface area contributed by atoms with Gasteiger partial charge in [0.05, 0.1) is 17.8 Å². The largest absolute Gasteiger partial charge is 0.345 e. The molecular weight excluding hydrogens is 418 g/mol. The number of carbonyl (C=O) groups is 2. The molecule has 0 aliphatic heterocycles. The Labute approximate surface area is 175 Å². The van der Waals surface area contributed by atoms with E-state index in [2.05, 4.69) is 32.7 Å². The predicted molar refractivity (Wildman–Crippen MR) is 116 cm³/mol. The molecule has 0 unspecified atom stereocenters. The first-order chi connectivity index (χ1) is 13.4. The smallest absolute Gasteiger partial charge is 0.255 e. The SMILES string of the molecule is Cc1cc(C(=O)N(C)CC(=O)Nc2ccccc2Br)c(C)n1C1CCCCC1. The zero-order valence-corrected chi connectivity index (χ0v) is 18.4. The van der Waals surface area contributed by atoms with Gasteiger partial charge in [-0.05, 0) is 60.8 Å². The van der Waals surface area contributed by atoms with E-state index in [9.17, 15) is 9.59 Å². The number of aryl methyl sites for hydroxylation is 1. The second-order valence-corrected chi connectivity index (χ2v) is 8.49. The highest BCUT2D eigenvalue weighted by atomic mass is 79.9. The first-order valence-corrected chi connectivity index (χ1v) is 10.7. The number of rotatable bonds is 5. The van der Waals surface area contributed by atoms with E-state index in [0.717, 1.165) is 15.9 Å². The fourth-order valence-electron chi connectivity index (χ4n) is 4.14. The fraction of sp³-hybridized carbons (Fsp3) is 0.455. The van der Waals surface area contributed by atoms with Crippen LogP contribution in [0.4, 0.5) is 5.69 Å². The Hall–Kier alpha value is -2.08. The van der Waals surface area contributed by atoms with Crippen LogP contribution in [0, 0.1) is 13.8 Å². The highest BCUT2D eigenvalue weighted by Gasteiger charge is 2.24. The molecule has 28 heavy (non-hydrogen) atoms. The van der Waals surface area contributed by atoms with E-state index < -0.39 is 0 Å². The molecule has 1 N–H and O–H groups in total. The van der Waals surface area contributed by atoms with Gasteiger partial charge in [0.1, 0.15) is 0 Å². The normalized spacial score (nSPS) is 14.7. The minimum Gasteiger partial charge on any atom is -0.345 e. The molecule has 2 aromatic rings. The molecule has 1 aromatic carbocycles. The van der Waals surface area contributed by atoms with Gasteiger partial charge in [-0.15, -0.1) is 0 Å². The third-order valence-electron chi connectivity index (χ3n) is 5.53. The highest BCUT2D eigenvalue weighted by Crippen LogP contribution is 2.32. The van der Waals surface area contributed by atoms with Crippen LogP contribution in [0.25, 0.3) is 0 Å². The lowest BCUT2D eigenvalue weighted by molar-refractivity contribution is -0.116. The lowest BCUT2D eigenvalue weighted by Gasteiger charge is -2.26. The molecule has 1 aromatic heterocycles. The summed E-state index contributed by atoms with van der Waals surface area (Å²) in [7, 11) is 1.68. The topological polar surface area (TPSA) is 54.3 Å². The summed E-state index contributed by atoms with van der Waals surface area (Å²) >= 11 is 3.42. The van der Waals surface area contributed by atoms with Crippen LogP contribution < -0.4 is 5.32 Å². The summed E-state index contributed by atoms with van der Waals surface area (Å²) in [5.74, 6) is -0.332. The molecule has 1 heterocycles. The first-order valence-electron chi connectivity index (χ1n) is 9.86. The van der Waals surface area contributed by atoms with Crippen molar-refractivity contribution in [2.45, 2.75) is 52.0 Å². The average molecular weight is 446 g/mol. The Morgan fingerprint density at radius 3 is 2.54 bits per heavy atom. The number of para-hydroxylation sites is 1. The van der Waals surface area contributed by atoms with Crippen molar-refractivity contribution in [2.75, 3.05) is 18.9 Å². The molecule has 150 valence electrons. The third-order valence-corrected chi connectivity index (χ3v) is 6.22. The molecule has 1 saturated carbocycles. The number of aromatic nitrogens is 1. The van der Waals surface area contributed by atoms with E-state index in [0.29, 0.717) is 17.3 Å². The maximum atomic E-state index is 13.0. The summed E-state index contributed by atoms with van der Waals surface area (Å²) < 4.78 is 3.13. The number of amides is 2. The molecular formula is C22H28BrN3O2. The van der Waals surface area contributed by atoms with Crippen LogP contribution in [0.15, 0.2) is 34.8 Å². The van der Waals surface area contributed by atoms with Crippen molar-refractivity contribution < 1.29 is 9.59 Å². The number of likely N-dealkylation sites (N-methyl/N-ethyl adjacent to an activating group) is 1. The lowest BCUT2D eigenvalue weighted by atomic mass is 9.95. The first kappa shape index (κ1) is 20.6. The number of anilines is 1. The van der Waals surface area contributed by atoms with Crippen LogP contribution >= 0.6 is 15.9 Å². The Balaban J connectivity index is 1.69. The number of nitrogens with zero attached hydrogens (tertiary/aromatic N) is 2. The Morgan fingerprint density at radius 1 is 1.18 bits per heavy atom. The van der Waals surface area contributed by atoms with E-state index in [1.165, 1.54) is 37.0 Å². The Bertz CT molecular complexity index is 869. The summed E-state index contributed by atoms with van der Waals surface area (Å²) in [6, 6.07) is 9.88. The van der Waals surface area contributed by atoms with Crippen molar-refractivity contribution in [3.63, 3.8) is 0 Å². The van der Waals surface area contributed by atoms with E-state index in [1.807, 2.05) is 37.3 Å². The maximum Gasteiger partial charge on any atom is 0.255 e. The quantitative estimate of drug-likeness (QED) is 0.696. The van der Waals surface area contributed by atoms with E-state index >= 15 is 0 Å². The fourth-order valence-corrected chi connectivity index (χ4v) is 4.52. The van der Waals surface area contributed by atoms with Gasteiger partial charge in [0, 0.05) is 29.0 Å². The summed E-state index contributed by atoms with van der Waals surface area (Å²) in [4.78, 5) is 26.9. The molecule has 0 atom stereocenters. The van der Waals surface area contributed by atoms with Crippen LogP contribution in [0.5, 0.6) is 0 Å². The Morgan fingerprint density at radius 2 is 1.86 bits per heavy atom. The molecule has 0 spiro atoms. The second kappa shape index (κ2) is 8.95. The van der Waals surface area contributed by atoms with Gasteiger partial charge in [0.15, 0.2) is 0 Å². The second-order valence-electron chi connectivity index (χ2n) is 7.64. The van der Waals surface area contributed by atoms with Gasteiger partial charge in [-0.2, -0.15) is 0 Å². The van der Waals surface area contributed by atoms with Gasteiger partial charge >= 0.3 is 0 Å². The number of hydrogen-bond acceptors (Lipinski definition) is 2. The van der Waals surface area contributed by atoms with E-state index in [1.54, 1.807) is 7.05 Å². The van der Waals surface area contributed by atoms with Crippen LogP contribution in [-0.4, -0.2) is 34.9 Å². The van der Waals surface area contributed by atoms with Gasteiger partial charge in [-0.25, -0.2) is 0 Å². The number of carbonyl (C=O) groups excluding carboxylic acids is 2. The molecule has 0 radical (unpaired) electrons. The molecule has 1 aliphatic carbocycles. The van der Waals surface area contributed by atoms with Crippen LogP contribution in [0.3, 0.4) is 0 Å². The number of benzene rings is 1. The summed E-state index contributed by atoms with van der Waals surface area (Å²) in [5, 5.41) is 2.85. The monoisotopic (exact) mass is 445 g/mol. The zero-order valence-electron chi connectivity index (χ0n) is 16.8. The van der Waals surface area contributed by atoms with Crippen LogP contribution in [-0.2, 0) is 4.79 Å². The van der Waals surface area contributed by atoms with Gasteiger partial charge < -0.3 is 14.8 Å². The van der Waals surface area contributed by atoms with Crippen molar-refractivity contribution in [2.24, 2.45) is 0 Å². The number of halogens is 1. The van der Waals surface area contributed by atoms with Gasteiger partial charge in [0.2, 0.25) is 5.91 Å². The molecule has 5 nitrogen and oxygen atoms in total. The Kier molecular flexibility index (Phi) is 6.60. The summed E-state index contributed by atoms with van der Waals surface area (Å²) in [5.41, 5.74) is 3.52. The van der Waals surface area contributed by atoms with Crippen molar-refractivity contribution in [3.8, 4) is 0 Å². The lowest BCUT2D eigenvalue weighted by Crippen LogP contribution is -2.35. The third kappa shape index (κ3) is 4.49. The number of hydrogen-bond donors (Lipinski definition) is 1. The molecule has 2 amide bonds. The molecule has 0 saturated heterocycles. The average Bonchev–Trinajstić information content (AvgIpc) is 2.97. The van der Waals surface area contributed by atoms with Gasteiger partial charge in [-0.1, -0.05) is 31.4 Å². The predicted octanol–water partition coefficient (Wildman–Crippen LogP) is 5.08. The van der Waals surface area contributed by atoms with Crippen molar-refractivity contribution >= 4 is 33.4 Å². The van der Waals surface area contributed by atoms with Crippen LogP contribution in [0.2, 0.25) is 0 Å². The molecule has 6 heteroatoms. The minimum absolute atomic E-state index is 0.00721. The van der Waals surface area contributed by atoms with Gasteiger partial charge in [-0.3, -0.25) is 9.59 Å². The van der Waals surface area contributed by atoms with E-state index in [-0.39, 0.29) is 18.4 Å². The highest BCUT2D eigenvalue weighted by molar-refractivity contribution is 9.10. The number of nitrogens with one attached hydrogen (secondary N) is 1. The van der Waals surface area contributed by atoms with Crippen LogP contribution in [0.1, 0.15) is 59.9 Å². The van der Waals surface area contributed by atoms with Gasteiger partial charge in [0.25, 0.3) is 5.91 Å². The maximum absolute atomic E-state index is 13.0. The standard InChI is InChI=1S/C22H28BrN3O2/c1-15-13-18(16(2)26(15)17-9-5-4-6-10-17)22(28)25(3)14-21(27)24-20-12-8-7-11-19(20)23/h7-8,11-13,17H,4-6,9-10,14H2,1-3H3,(H,24,27). The molecule has 0 bridgehead atoms. The summed E-state index contributed by atoms with van der Waals surface area (Å²) in [6.07, 6.45) is 6.15.